The monoisotopic (exact) mass is 242 g/mol. The summed E-state index contributed by atoms with van der Waals surface area (Å²) in [5.41, 5.74) is 5.47. The largest absolute Gasteiger partial charge is 0.376 e. The van der Waals surface area contributed by atoms with Crippen molar-refractivity contribution in [3.63, 3.8) is 0 Å². The Kier molecular flexibility index (Phi) is 4.55. The molecule has 0 heterocycles. The normalized spacial score (nSPS) is 18.9. The fraction of sp³-hybridized carbons (Fsp3) is 0.923. The second kappa shape index (κ2) is 5.36. The minimum Gasteiger partial charge on any atom is -0.376 e. The van der Waals surface area contributed by atoms with Gasteiger partial charge in [0.05, 0.1) is 18.2 Å². The van der Waals surface area contributed by atoms with Gasteiger partial charge in [-0.2, -0.15) is 0 Å². The minimum absolute atomic E-state index is 0.0320. The van der Waals surface area contributed by atoms with Gasteiger partial charge in [-0.15, -0.1) is 0 Å². The molecule has 0 saturated heterocycles. The van der Waals surface area contributed by atoms with Crippen LogP contribution in [0.1, 0.15) is 53.4 Å². The molecule has 3 N–H and O–H groups in total. The molecule has 0 aliphatic heterocycles. The molecular weight excluding hydrogens is 216 g/mol. The lowest BCUT2D eigenvalue weighted by Gasteiger charge is -2.38. The van der Waals surface area contributed by atoms with Gasteiger partial charge in [-0.05, 0) is 47.0 Å². The van der Waals surface area contributed by atoms with E-state index in [4.69, 9.17) is 10.5 Å². The van der Waals surface area contributed by atoms with Gasteiger partial charge < -0.3 is 15.8 Å². The summed E-state index contributed by atoms with van der Waals surface area (Å²) in [6.45, 7) is 8.44. The van der Waals surface area contributed by atoms with Crippen molar-refractivity contribution in [2.75, 3.05) is 6.61 Å². The molecular formula is C13H26N2O2. The molecule has 0 spiro atoms. The van der Waals surface area contributed by atoms with Gasteiger partial charge in [0.2, 0.25) is 5.91 Å². The third-order valence-electron chi connectivity index (χ3n) is 3.12. The van der Waals surface area contributed by atoms with Crippen LogP contribution in [-0.2, 0) is 9.53 Å². The number of amides is 1. The van der Waals surface area contributed by atoms with E-state index in [1.54, 1.807) is 0 Å². The van der Waals surface area contributed by atoms with Crippen molar-refractivity contribution in [1.82, 2.24) is 5.32 Å². The highest BCUT2D eigenvalue weighted by atomic mass is 16.5. The molecule has 100 valence electrons. The van der Waals surface area contributed by atoms with E-state index in [1.165, 1.54) is 0 Å². The Balaban J connectivity index is 2.33. The molecule has 1 aliphatic rings. The highest BCUT2D eigenvalue weighted by Crippen LogP contribution is 2.32. The summed E-state index contributed by atoms with van der Waals surface area (Å²) in [7, 11) is 0. The van der Waals surface area contributed by atoms with Crippen LogP contribution in [0.5, 0.6) is 0 Å². The number of carbonyl (C=O) groups is 1. The lowest BCUT2D eigenvalue weighted by atomic mass is 9.75. The summed E-state index contributed by atoms with van der Waals surface area (Å²) in [4.78, 5) is 11.9. The first-order valence-corrected chi connectivity index (χ1v) is 6.44. The third kappa shape index (κ3) is 5.04. The Morgan fingerprint density at radius 2 is 2.06 bits per heavy atom. The van der Waals surface area contributed by atoms with Crippen LogP contribution in [0.25, 0.3) is 0 Å². The van der Waals surface area contributed by atoms with E-state index in [2.05, 4.69) is 5.32 Å². The van der Waals surface area contributed by atoms with Crippen LogP contribution in [0, 0.1) is 0 Å². The fourth-order valence-corrected chi connectivity index (χ4v) is 1.96. The summed E-state index contributed by atoms with van der Waals surface area (Å²) in [6, 6.07) is 0. The van der Waals surface area contributed by atoms with E-state index < -0.39 is 0 Å². The van der Waals surface area contributed by atoms with Crippen LogP contribution in [-0.4, -0.2) is 29.7 Å². The molecule has 1 saturated carbocycles. The van der Waals surface area contributed by atoms with Crippen LogP contribution in [0.15, 0.2) is 0 Å². The van der Waals surface area contributed by atoms with Crippen LogP contribution in [0.2, 0.25) is 0 Å². The minimum atomic E-state index is -0.332. The zero-order valence-electron chi connectivity index (χ0n) is 11.5. The van der Waals surface area contributed by atoms with E-state index >= 15 is 0 Å². The maximum atomic E-state index is 11.9. The van der Waals surface area contributed by atoms with Gasteiger partial charge in [0.25, 0.3) is 0 Å². The number of ether oxygens (including phenoxy) is 1. The molecule has 1 aliphatic carbocycles. The molecule has 0 radical (unpaired) electrons. The molecule has 4 nitrogen and oxygen atoms in total. The molecule has 0 unspecified atom stereocenters. The van der Waals surface area contributed by atoms with Gasteiger partial charge in [0.1, 0.15) is 0 Å². The fourth-order valence-electron chi connectivity index (χ4n) is 1.96. The molecule has 1 amide bonds. The summed E-state index contributed by atoms with van der Waals surface area (Å²) in [6.07, 6.45) is 3.67. The third-order valence-corrected chi connectivity index (χ3v) is 3.12. The van der Waals surface area contributed by atoms with Crippen LogP contribution < -0.4 is 11.1 Å². The van der Waals surface area contributed by atoms with E-state index in [9.17, 15) is 4.79 Å². The predicted octanol–water partition coefficient (Wildman–Crippen LogP) is 1.58. The molecule has 0 aromatic heterocycles. The Morgan fingerprint density at radius 1 is 1.47 bits per heavy atom. The SMILES string of the molecule is CC(C)OCC(C)(C)NC(=O)CC1(N)CCC1. The van der Waals surface area contributed by atoms with E-state index in [0.29, 0.717) is 13.0 Å². The van der Waals surface area contributed by atoms with Gasteiger partial charge >= 0.3 is 0 Å². The summed E-state index contributed by atoms with van der Waals surface area (Å²) in [5, 5.41) is 2.99. The number of carbonyl (C=O) groups excluding carboxylic acids is 1. The lowest BCUT2D eigenvalue weighted by molar-refractivity contribution is -0.125. The van der Waals surface area contributed by atoms with Gasteiger partial charge in [-0.1, -0.05) is 0 Å². The second-order valence-electron chi connectivity index (χ2n) is 6.18. The van der Waals surface area contributed by atoms with Crippen LogP contribution >= 0.6 is 0 Å². The van der Waals surface area contributed by atoms with Gasteiger partial charge in [0.15, 0.2) is 0 Å². The molecule has 17 heavy (non-hydrogen) atoms. The van der Waals surface area contributed by atoms with E-state index in [-0.39, 0.29) is 23.1 Å². The number of nitrogens with two attached hydrogens (primary N) is 1. The Labute approximate surface area is 104 Å². The van der Waals surface area contributed by atoms with Crippen molar-refractivity contribution in [2.24, 2.45) is 5.73 Å². The van der Waals surface area contributed by atoms with Crippen molar-refractivity contribution in [3.05, 3.63) is 0 Å². The zero-order valence-corrected chi connectivity index (χ0v) is 11.5. The van der Waals surface area contributed by atoms with Gasteiger partial charge in [-0.3, -0.25) is 4.79 Å². The van der Waals surface area contributed by atoms with Gasteiger partial charge in [0, 0.05) is 12.0 Å². The summed E-state index contributed by atoms with van der Waals surface area (Å²) >= 11 is 0. The Morgan fingerprint density at radius 3 is 2.47 bits per heavy atom. The molecule has 0 atom stereocenters. The predicted molar refractivity (Wildman–Crippen MR) is 68.7 cm³/mol. The molecule has 1 rings (SSSR count). The van der Waals surface area contributed by atoms with Crippen molar-refractivity contribution in [1.29, 1.82) is 0 Å². The molecule has 1 fully saturated rings. The number of hydrogen-bond donors (Lipinski definition) is 2. The van der Waals surface area contributed by atoms with Crippen molar-refractivity contribution >= 4 is 5.91 Å². The molecule has 0 aromatic carbocycles. The first-order chi connectivity index (χ1) is 7.72. The number of hydrogen-bond acceptors (Lipinski definition) is 3. The number of rotatable bonds is 6. The summed E-state index contributed by atoms with van der Waals surface area (Å²) < 4.78 is 5.53. The Hall–Kier alpha value is -0.610. The Bertz CT molecular complexity index is 271. The quantitative estimate of drug-likeness (QED) is 0.743. The summed E-state index contributed by atoms with van der Waals surface area (Å²) in [5.74, 6) is 0.0320. The topological polar surface area (TPSA) is 64.3 Å². The van der Waals surface area contributed by atoms with Crippen molar-refractivity contribution < 1.29 is 9.53 Å². The standard InChI is InChI=1S/C13H26N2O2/c1-10(2)17-9-12(3,4)15-11(16)8-13(14)6-5-7-13/h10H,5-9,14H2,1-4H3,(H,15,16). The van der Waals surface area contributed by atoms with Gasteiger partial charge in [-0.25, -0.2) is 0 Å². The average Bonchev–Trinajstić information content (AvgIpc) is 2.11. The maximum absolute atomic E-state index is 11.9. The lowest BCUT2D eigenvalue weighted by Crippen LogP contribution is -2.54. The van der Waals surface area contributed by atoms with Crippen molar-refractivity contribution in [2.45, 2.75) is 70.6 Å². The van der Waals surface area contributed by atoms with E-state index in [1.807, 2.05) is 27.7 Å². The van der Waals surface area contributed by atoms with Crippen molar-refractivity contribution in [3.8, 4) is 0 Å². The molecule has 0 aromatic rings. The first kappa shape index (κ1) is 14.5. The highest BCUT2D eigenvalue weighted by Gasteiger charge is 2.35. The van der Waals surface area contributed by atoms with Crippen LogP contribution in [0.3, 0.4) is 0 Å². The van der Waals surface area contributed by atoms with Crippen LogP contribution in [0.4, 0.5) is 0 Å². The molecule has 4 heteroatoms. The first-order valence-electron chi connectivity index (χ1n) is 6.44. The average molecular weight is 242 g/mol. The van der Waals surface area contributed by atoms with E-state index in [0.717, 1.165) is 19.3 Å². The zero-order chi connectivity index (χ0) is 13.1. The molecule has 0 bridgehead atoms. The number of nitrogens with one attached hydrogen (secondary N) is 1. The second-order valence-corrected chi connectivity index (χ2v) is 6.18. The highest BCUT2D eigenvalue weighted by molar-refractivity contribution is 5.78. The smallest absolute Gasteiger partial charge is 0.222 e. The maximum Gasteiger partial charge on any atom is 0.222 e.